The summed E-state index contributed by atoms with van der Waals surface area (Å²) in [4.78, 5) is 46.1. The van der Waals surface area contributed by atoms with E-state index in [9.17, 15) is 51.3 Å². The molecule has 2 N–H and O–H groups in total. The van der Waals surface area contributed by atoms with Crippen molar-refractivity contribution in [3.8, 4) is 0 Å². The molecule has 3 atom stereocenters. The molecule has 0 bridgehead atoms. The number of aliphatic hydroxyl groups is 2. The van der Waals surface area contributed by atoms with Gasteiger partial charge in [-0.25, -0.2) is 0 Å². The number of hydrogen-bond donors (Lipinski definition) is 2. The van der Waals surface area contributed by atoms with Crippen molar-refractivity contribution in [1.29, 1.82) is 0 Å². The lowest BCUT2D eigenvalue weighted by Crippen LogP contribution is -2.63. The highest BCUT2D eigenvalue weighted by Crippen LogP contribution is 2.54. The highest BCUT2D eigenvalue weighted by atomic mass is 19.4. The summed E-state index contributed by atoms with van der Waals surface area (Å²) in [5.74, 6) is -10.9. The highest BCUT2D eigenvalue weighted by molar-refractivity contribution is 5.78. The molecule has 0 radical (unpaired) electrons. The van der Waals surface area contributed by atoms with Crippen LogP contribution in [0.3, 0.4) is 0 Å². The van der Waals surface area contributed by atoms with Crippen molar-refractivity contribution in [1.82, 2.24) is 0 Å². The molecule has 11 nitrogen and oxygen atoms in total. The van der Waals surface area contributed by atoms with Crippen molar-refractivity contribution in [3.63, 3.8) is 0 Å². The average Bonchev–Trinajstić information content (AvgIpc) is 3.54. The van der Waals surface area contributed by atoms with Crippen LogP contribution >= 0.6 is 0 Å². The van der Waals surface area contributed by atoms with Crippen molar-refractivity contribution in [3.05, 3.63) is 0 Å². The fourth-order valence-electron chi connectivity index (χ4n) is 4.99. The molecule has 3 aliphatic rings. The fourth-order valence-corrected chi connectivity index (χ4v) is 4.99. The van der Waals surface area contributed by atoms with E-state index in [1.165, 1.54) is 13.8 Å². The van der Waals surface area contributed by atoms with E-state index in [1.54, 1.807) is 6.92 Å². The second-order valence-electron chi connectivity index (χ2n) is 16.8. The highest BCUT2D eigenvalue weighted by Gasteiger charge is 2.82. The van der Waals surface area contributed by atoms with Crippen LogP contribution in [0, 0.1) is 22.2 Å². The largest absolute Gasteiger partial charge is 0.462 e. The molecule has 1 aliphatic carbocycles. The number of carbonyl (C=O) groups excluding carboxylic acids is 4. The first kappa shape index (κ1) is 48.4. The van der Waals surface area contributed by atoms with E-state index >= 15 is 0 Å². The standard InChI is InChI=1S/C15H28O3.C12H17F5O4.C10H16O4/c1-6-14(2,3)13(16)18-12-9-7-11(8-10-12)15(4,5)17;1-5-8(2,3)7(18)21-9(4)6-20-11(19,10(9,13)14)12(15,16)17;1-4-10(2,3)9(12)14-7-5-8(11)13-6-7/h11-12,17H,6-10H2,1-5H3;19H,5-6H2,1-4H3;7H,4-6H2,1-3H3. The van der Waals surface area contributed by atoms with Gasteiger partial charge in [-0.15, -0.1) is 0 Å². The Morgan fingerprint density at radius 3 is 1.53 bits per heavy atom. The van der Waals surface area contributed by atoms with E-state index in [4.69, 9.17) is 14.2 Å². The molecule has 3 unspecified atom stereocenters. The lowest BCUT2D eigenvalue weighted by molar-refractivity contribution is -0.409. The van der Waals surface area contributed by atoms with E-state index in [0.29, 0.717) is 19.3 Å². The molecule has 16 heteroatoms. The minimum atomic E-state index is -5.74. The molecule has 310 valence electrons. The molecule has 0 aromatic heterocycles. The predicted molar refractivity (Wildman–Crippen MR) is 182 cm³/mol. The average molecular weight is 777 g/mol. The number of esters is 4. The predicted octanol–water partition coefficient (Wildman–Crippen LogP) is 7.22. The van der Waals surface area contributed by atoms with Gasteiger partial charge >= 0.3 is 41.8 Å². The first-order valence-corrected chi connectivity index (χ1v) is 18.1. The van der Waals surface area contributed by atoms with E-state index < -0.39 is 52.5 Å². The van der Waals surface area contributed by atoms with Crippen LogP contribution in [0.1, 0.15) is 134 Å². The maximum atomic E-state index is 14.0. The van der Waals surface area contributed by atoms with Crippen LogP contribution in [0.4, 0.5) is 22.0 Å². The summed E-state index contributed by atoms with van der Waals surface area (Å²) in [6.07, 6.45) is -0.520. The molecule has 2 heterocycles. The summed E-state index contributed by atoms with van der Waals surface area (Å²) < 4.78 is 89.8. The lowest BCUT2D eigenvalue weighted by Gasteiger charge is -2.37. The summed E-state index contributed by atoms with van der Waals surface area (Å²) in [5, 5.41) is 19.1. The number of ether oxygens (including phenoxy) is 5. The van der Waals surface area contributed by atoms with Crippen LogP contribution in [0.5, 0.6) is 0 Å². The minimum Gasteiger partial charge on any atom is -0.462 e. The second kappa shape index (κ2) is 17.5. The van der Waals surface area contributed by atoms with E-state index in [1.807, 2.05) is 55.4 Å². The molecular weight excluding hydrogens is 715 g/mol. The Morgan fingerprint density at radius 1 is 0.774 bits per heavy atom. The van der Waals surface area contributed by atoms with Gasteiger partial charge in [-0.2, -0.15) is 22.0 Å². The SMILES string of the molecule is CCC(C)(C)C(=O)OC1(C)COC(O)(C(F)(F)F)C1(F)F.CCC(C)(C)C(=O)OC1CCC(C(C)(C)O)CC1.CCC(C)(C)C(=O)OC1COC(=O)C1. The number of cyclic esters (lactones) is 1. The van der Waals surface area contributed by atoms with Gasteiger partial charge in [0, 0.05) is 0 Å². The molecule has 0 spiro atoms. The first-order chi connectivity index (χ1) is 23.8. The van der Waals surface area contributed by atoms with Crippen LogP contribution in [-0.4, -0.2) is 88.6 Å². The van der Waals surface area contributed by atoms with Crippen LogP contribution < -0.4 is 0 Å². The molecule has 2 aliphatic heterocycles. The number of rotatable bonds is 10. The zero-order chi connectivity index (χ0) is 41.6. The summed E-state index contributed by atoms with van der Waals surface area (Å²) in [5.41, 5.74) is -5.55. The molecule has 53 heavy (non-hydrogen) atoms. The van der Waals surface area contributed by atoms with Gasteiger partial charge < -0.3 is 33.9 Å². The summed E-state index contributed by atoms with van der Waals surface area (Å²) in [6, 6.07) is 0. The summed E-state index contributed by atoms with van der Waals surface area (Å²) >= 11 is 0. The molecule has 3 rings (SSSR count). The summed E-state index contributed by atoms with van der Waals surface area (Å²) in [7, 11) is 0. The quantitative estimate of drug-likeness (QED) is 0.131. The van der Waals surface area contributed by atoms with Gasteiger partial charge in [-0.3, -0.25) is 19.2 Å². The Kier molecular flexibility index (Phi) is 16.0. The Morgan fingerprint density at radius 2 is 1.19 bits per heavy atom. The van der Waals surface area contributed by atoms with Crippen molar-refractivity contribution >= 4 is 23.9 Å². The Hall–Kier alpha value is -2.59. The fraction of sp³-hybridized carbons (Fsp3) is 0.892. The van der Waals surface area contributed by atoms with Crippen LogP contribution in [-0.2, 0) is 42.9 Å². The number of halogens is 5. The number of alkyl halides is 5. The molecule has 3 fully saturated rings. The maximum absolute atomic E-state index is 14.0. The normalized spacial score (nSPS) is 27.7. The smallest absolute Gasteiger partial charge is 0.449 e. The molecule has 0 amide bonds. The van der Waals surface area contributed by atoms with Crippen LogP contribution in [0.25, 0.3) is 0 Å². The van der Waals surface area contributed by atoms with Gasteiger partial charge in [0.25, 0.3) is 0 Å². The van der Waals surface area contributed by atoms with E-state index in [-0.39, 0.29) is 55.0 Å². The van der Waals surface area contributed by atoms with E-state index in [0.717, 1.165) is 32.1 Å². The topological polar surface area (TPSA) is 155 Å². The van der Waals surface area contributed by atoms with Gasteiger partial charge in [0.15, 0.2) is 0 Å². The lowest BCUT2D eigenvalue weighted by atomic mass is 9.78. The van der Waals surface area contributed by atoms with Gasteiger partial charge in [0.2, 0.25) is 5.60 Å². The van der Waals surface area contributed by atoms with E-state index in [2.05, 4.69) is 9.47 Å². The van der Waals surface area contributed by atoms with Crippen molar-refractivity contribution in [2.75, 3.05) is 13.2 Å². The molecule has 1 saturated carbocycles. The summed E-state index contributed by atoms with van der Waals surface area (Å²) in [6.45, 7) is 19.1. The van der Waals surface area contributed by atoms with Crippen molar-refractivity contribution in [2.24, 2.45) is 22.2 Å². The first-order valence-electron chi connectivity index (χ1n) is 18.1. The van der Waals surface area contributed by atoms with Crippen molar-refractivity contribution < 1.29 is 75.0 Å². The zero-order valence-corrected chi connectivity index (χ0v) is 33.3. The molecular formula is C37H61F5O11. The maximum Gasteiger partial charge on any atom is 0.449 e. The molecule has 0 aromatic rings. The molecule has 2 saturated heterocycles. The third kappa shape index (κ3) is 11.9. The number of hydrogen-bond acceptors (Lipinski definition) is 11. The van der Waals surface area contributed by atoms with Gasteiger partial charge in [-0.1, -0.05) is 20.8 Å². The minimum absolute atomic E-state index is 0.0434. The monoisotopic (exact) mass is 776 g/mol. The van der Waals surface area contributed by atoms with Crippen LogP contribution in [0.15, 0.2) is 0 Å². The Balaban J connectivity index is 0.000000405. The molecule has 0 aromatic carbocycles. The third-order valence-corrected chi connectivity index (χ3v) is 10.7. The Bertz CT molecular complexity index is 1270. The van der Waals surface area contributed by atoms with Gasteiger partial charge in [-0.05, 0) is 113 Å². The number of carbonyl (C=O) groups is 4. The van der Waals surface area contributed by atoms with Crippen LogP contribution in [0.2, 0.25) is 0 Å². The van der Waals surface area contributed by atoms with Crippen molar-refractivity contribution in [2.45, 2.75) is 176 Å². The zero-order valence-electron chi connectivity index (χ0n) is 33.3. The van der Waals surface area contributed by atoms with Gasteiger partial charge in [0.05, 0.1) is 34.9 Å². The Labute approximate surface area is 310 Å². The third-order valence-electron chi connectivity index (χ3n) is 10.7. The van der Waals surface area contributed by atoms with Gasteiger partial charge in [0.1, 0.15) is 18.8 Å². The second-order valence-corrected chi connectivity index (χ2v) is 16.8.